The molecule has 3 atom stereocenters. The van der Waals surface area contributed by atoms with E-state index in [1.54, 1.807) is 0 Å². The molecule has 19 heavy (non-hydrogen) atoms. The summed E-state index contributed by atoms with van der Waals surface area (Å²) >= 11 is 0. The van der Waals surface area contributed by atoms with Crippen LogP contribution in [0.4, 0.5) is 5.69 Å². The monoisotopic (exact) mass is 258 g/mol. The van der Waals surface area contributed by atoms with E-state index in [0.29, 0.717) is 17.9 Å². The average Bonchev–Trinajstić information content (AvgIpc) is 2.83. The normalized spacial score (nSPS) is 30.2. The number of carbonyl (C=O) groups excluding carboxylic acids is 1. The van der Waals surface area contributed by atoms with Crippen molar-refractivity contribution >= 4 is 11.6 Å². The molecule has 102 valence electrons. The standard InChI is InChI=1S/C16H22N2O/c1-11-9-13-5-3-4-6-15(13)18(10-11)16(19)14-7-8-17-12(14)2/h3-6,11-12,14,17H,7-10H2,1-2H3. The van der Waals surface area contributed by atoms with Crippen LogP contribution >= 0.6 is 0 Å². The molecule has 1 N–H and O–H groups in total. The summed E-state index contributed by atoms with van der Waals surface area (Å²) in [6, 6.07) is 8.65. The second kappa shape index (κ2) is 4.97. The van der Waals surface area contributed by atoms with Crippen molar-refractivity contribution in [2.24, 2.45) is 11.8 Å². The van der Waals surface area contributed by atoms with E-state index in [1.807, 2.05) is 11.0 Å². The van der Waals surface area contributed by atoms with E-state index in [-0.39, 0.29) is 5.92 Å². The van der Waals surface area contributed by atoms with Crippen molar-refractivity contribution < 1.29 is 4.79 Å². The van der Waals surface area contributed by atoms with Crippen molar-refractivity contribution in [1.82, 2.24) is 5.32 Å². The molecule has 1 amide bonds. The predicted molar refractivity (Wildman–Crippen MR) is 77.2 cm³/mol. The minimum Gasteiger partial charge on any atom is -0.313 e. The highest BCUT2D eigenvalue weighted by Crippen LogP contribution is 2.32. The number of nitrogens with one attached hydrogen (secondary N) is 1. The number of hydrogen-bond donors (Lipinski definition) is 1. The molecule has 1 saturated heterocycles. The molecule has 0 spiro atoms. The molecule has 3 rings (SSSR count). The number of fused-ring (bicyclic) bond motifs is 1. The fourth-order valence-corrected chi connectivity index (χ4v) is 3.40. The molecule has 1 aromatic rings. The van der Waals surface area contributed by atoms with Crippen molar-refractivity contribution in [3.05, 3.63) is 29.8 Å². The Labute approximate surface area is 115 Å². The van der Waals surface area contributed by atoms with E-state index >= 15 is 0 Å². The van der Waals surface area contributed by atoms with Gasteiger partial charge in [-0.25, -0.2) is 0 Å². The highest BCUT2D eigenvalue weighted by molar-refractivity contribution is 5.96. The maximum absolute atomic E-state index is 12.8. The summed E-state index contributed by atoms with van der Waals surface area (Å²) in [5, 5.41) is 3.38. The summed E-state index contributed by atoms with van der Waals surface area (Å²) in [6.45, 7) is 6.17. The van der Waals surface area contributed by atoms with Gasteiger partial charge in [-0.1, -0.05) is 25.1 Å². The van der Waals surface area contributed by atoms with Crippen LogP contribution in [-0.2, 0) is 11.2 Å². The third-order valence-corrected chi connectivity index (χ3v) is 4.45. The lowest BCUT2D eigenvalue weighted by Gasteiger charge is -2.35. The van der Waals surface area contributed by atoms with Gasteiger partial charge in [0.1, 0.15) is 0 Å². The second-order valence-electron chi connectivity index (χ2n) is 6.02. The van der Waals surface area contributed by atoms with E-state index in [2.05, 4.69) is 37.4 Å². The number of nitrogens with zero attached hydrogens (tertiary/aromatic N) is 1. The minimum atomic E-state index is 0.137. The zero-order chi connectivity index (χ0) is 13.4. The Kier molecular flexibility index (Phi) is 3.31. The van der Waals surface area contributed by atoms with Crippen LogP contribution < -0.4 is 10.2 Å². The number of hydrogen-bond acceptors (Lipinski definition) is 2. The molecule has 0 radical (unpaired) electrons. The van der Waals surface area contributed by atoms with Crippen LogP contribution in [0.3, 0.4) is 0 Å². The SMILES string of the molecule is CC1Cc2ccccc2N(C(=O)C2CCNC2C)C1. The Bertz CT molecular complexity index is 485. The number of anilines is 1. The average molecular weight is 258 g/mol. The maximum Gasteiger partial charge on any atom is 0.231 e. The smallest absolute Gasteiger partial charge is 0.231 e. The fourth-order valence-electron chi connectivity index (χ4n) is 3.40. The topological polar surface area (TPSA) is 32.3 Å². The van der Waals surface area contributed by atoms with Gasteiger partial charge in [-0.15, -0.1) is 0 Å². The number of carbonyl (C=O) groups is 1. The first kappa shape index (κ1) is 12.7. The molecular weight excluding hydrogens is 236 g/mol. The lowest BCUT2D eigenvalue weighted by molar-refractivity contribution is -0.122. The van der Waals surface area contributed by atoms with Crippen LogP contribution in [-0.4, -0.2) is 25.0 Å². The van der Waals surface area contributed by atoms with Crippen LogP contribution in [0.2, 0.25) is 0 Å². The minimum absolute atomic E-state index is 0.137. The van der Waals surface area contributed by atoms with Crippen LogP contribution in [0, 0.1) is 11.8 Å². The van der Waals surface area contributed by atoms with E-state index in [1.165, 1.54) is 5.56 Å². The third-order valence-electron chi connectivity index (χ3n) is 4.45. The van der Waals surface area contributed by atoms with Gasteiger partial charge in [0.25, 0.3) is 0 Å². The number of para-hydroxylation sites is 1. The van der Waals surface area contributed by atoms with Crippen molar-refractivity contribution in [2.45, 2.75) is 32.7 Å². The summed E-state index contributed by atoms with van der Waals surface area (Å²) in [6.07, 6.45) is 2.05. The van der Waals surface area contributed by atoms with Crippen LogP contribution in [0.25, 0.3) is 0 Å². The second-order valence-corrected chi connectivity index (χ2v) is 6.02. The summed E-state index contributed by atoms with van der Waals surface area (Å²) in [5.41, 5.74) is 2.44. The molecule has 2 aliphatic rings. The summed E-state index contributed by atoms with van der Waals surface area (Å²) in [5.74, 6) is 0.985. The van der Waals surface area contributed by atoms with Crippen LogP contribution in [0.15, 0.2) is 24.3 Å². The summed E-state index contributed by atoms with van der Waals surface area (Å²) < 4.78 is 0. The Morgan fingerprint density at radius 3 is 2.84 bits per heavy atom. The van der Waals surface area contributed by atoms with Gasteiger partial charge in [-0.3, -0.25) is 4.79 Å². The number of rotatable bonds is 1. The molecule has 0 aliphatic carbocycles. The highest BCUT2D eigenvalue weighted by Gasteiger charge is 2.35. The maximum atomic E-state index is 12.8. The van der Waals surface area contributed by atoms with E-state index < -0.39 is 0 Å². The molecular formula is C16H22N2O. The zero-order valence-corrected chi connectivity index (χ0v) is 11.7. The molecule has 2 heterocycles. The van der Waals surface area contributed by atoms with Gasteiger partial charge in [0.15, 0.2) is 0 Å². The number of amides is 1. The first-order valence-corrected chi connectivity index (χ1v) is 7.29. The molecule has 0 bridgehead atoms. The first-order chi connectivity index (χ1) is 9.16. The van der Waals surface area contributed by atoms with E-state index in [9.17, 15) is 4.79 Å². The Morgan fingerprint density at radius 1 is 1.32 bits per heavy atom. The van der Waals surface area contributed by atoms with Gasteiger partial charge in [-0.2, -0.15) is 0 Å². The van der Waals surface area contributed by atoms with Crippen molar-refractivity contribution in [1.29, 1.82) is 0 Å². The largest absolute Gasteiger partial charge is 0.313 e. The third kappa shape index (κ3) is 2.27. The van der Waals surface area contributed by atoms with Gasteiger partial charge in [0, 0.05) is 18.3 Å². The van der Waals surface area contributed by atoms with E-state index in [0.717, 1.165) is 31.6 Å². The van der Waals surface area contributed by atoms with Gasteiger partial charge < -0.3 is 10.2 Å². The van der Waals surface area contributed by atoms with Crippen LogP contribution in [0.1, 0.15) is 25.8 Å². The summed E-state index contributed by atoms with van der Waals surface area (Å²) in [7, 11) is 0. The quantitative estimate of drug-likeness (QED) is 0.837. The number of benzene rings is 1. The van der Waals surface area contributed by atoms with Crippen LogP contribution in [0.5, 0.6) is 0 Å². The van der Waals surface area contributed by atoms with Gasteiger partial charge in [-0.05, 0) is 43.9 Å². The molecule has 0 saturated carbocycles. The van der Waals surface area contributed by atoms with Gasteiger partial charge in [0.05, 0.1) is 5.92 Å². The lowest BCUT2D eigenvalue weighted by atomic mass is 9.91. The molecule has 1 aromatic carbocycles. The first-order valence-electron chi connectivity index (χ1n) is 7.29. The molecule has 1 fully saturated rings. The van der Waals surface area contributed by atoms with Gasteiger partial charge in [0.2, 0.25) is 5.91 Å². The molecule has 2 aliphatic heterocycles. The highest BCUT2D eigenvalue weighted by atomic mass is 16.2. The molecule has 0 aromatic heterocycles. The summed E-state index contributed by atoms with van der Waals surface area (Å²) in [4.78, 5) is 14.8. The molecule has 3 heteroatoms. The Morgan fingerprint density at radius 2 is 2.11 bits per heavy atom. The Balaban J connectivity index is 1.90. The van der Waals surface area contributed by atoms with Crippen molar-refractivity contribution in [2.75, 3.05) is 18.0 Å². The predicted octanol–water partition coefficient (Wildman–Crippen LogP) is 2.21. The van der Waals surface area contributed by atoms with E-state index in [4.69, 9.17) is 0 Å². The Hall–Kier alpha value is -1.35. The van der Waals surface area contributed by atoms with Crippen molar-refractivity contribution in [3.8, 4) is 0 Å². The molecule has 3 nitrogen and oxygen atoms in total. The lowest BCUT2D eigenvalue weighted by Crippen LogP contribution is -2.45. The fraction of sp³-hybridized carbons (Fsp3) is 0.562. The zero-order valence-electron chi connectivity index (χ0n) is 11.7. The molecule has 3 unspecified atom stereocenters. The van der Waals surface area contributed by atoms with Crippen molar-refractivity contribution in [3.63, 3.8) is 0 Å². The van der Waals surface area contributed by atoms with Gasteiger partial charge >= 0.3 is 0 Å².